The van der Waals surface area contributed by atoms with Crippen LogP contribution in [0.3, 0.4) is 0 Å². The Balaban J connectivity index is 1.85. The fourth-order valence-corrected chi connectivity index (χ4v) is 3.52. The summed E-state index contributed by atoms with van der Waals surface area (Å²) < 4.78 is 0. The molecule has 2 heterocycles. The van der Waals surface area contributed by atoms with Gasteiger partial charge in [-0.3, -0.25) is 0 Å². The summed E-state index contributed by atoms with van der Waals surface area (Å²) in [5.41, 5.74) is 5.99. The van der Waals surface area contributed by atoms with Crippen molar-refractivity contribution in [3.05, 3.63) is 47.1 Å². The van der Waals surface area contributed by atoms with E-state index in [1.807, 2.05) is 24.3 Å². The van der Waals surface area contributed by atoms with Crippen LogP contribution < -0.4 is 5.73 Å². The molecule has 2 aromatic heterocycles. The summed E-state index contributed by atoms with van der Waals surface area (Å²) in [5, 5.41) is 0.968. The Morgan fingerprint density at radius 3 is 2.79 bits per heavy atom. The minimum Gasteiger partial charge on any atom is -0.383 e. The molecule has 0 unspecified atom stereocenters. The maximum atomic E-state index is 5.99. The highest BCUT2D eigenvalue weighted by atomic mass is 32.2. The molecule has 0 spiro atoms. The molecule has 0 saturated heterocycles. The van der Waals surface area contributed by atoms with Crippen LogP contribution in [0, 0.1) is 6.92 Å². The second-order valence-corrected chi connectivity index (χ2v) is 6.49. The predicted molar refractivity (Wildman–Crippen MR) is 82.6 cm³/mol. The normalized spacial score (nSPS) is 11.0. The molecule has 3 aromatic rings. The zero-order valence-electron chi connectivity index (χ0n) is 10.5. The van der Waals surface area contributed by atoms with Crippen LogP contribution >= 0.6 is 23.1 Å². The van der Waals surface area contributed by atoms with E-state index in [0.29, 0.717) is 5.82 Å². The summed E-state index contributed by atoms with van der Waals surface area (Å²) in [6.07, 6.45) is 0. The fraction of sp³-hybridized carbons (Fsp3) is 0.143. The standard InChI is InChI=1S/C14H13N3S2/c1-9-7-11-13(15)16-12(17-14(11)19-9)8-18-10-5-3-2-4-6-10/h2-7H,8H2,1H3,(H2,15,16,17). The topological polar surface area (TPSA) is 51.8 Å². The summed E-state index contributed by atoms with van der Waals surface area (Å²) in [4.78, 5) is 12.4. The zero-order chi connectivity index (χ0) is 13.2. The molecule has 1 aromatic carbocycles. The molecule has 0 bridgehead atoms. The van der Waals surface area contributed by atoms with E-state index in [0.717, 1.165) is 21.8 Å². The molecule has 0 amide bonds. The molecule has 3 rings (SSSR count). The van der Waals surface area contributed by atoms with Crippen LogP contribution in [0.15, 0.2) is 41.3 Å². The number of hydrogen-bond acceptors (Lipinski definition) is 5. The Kier molecular flexibility index (Phi) is 3.40. The van der Waals surface area contributed by atoms with Crippen LogP contribution in [-0.4, -0.2) is 9.97 Å². The number of anilines is 1. The van der Waals surface area contributed by atoms with E-state index in [-0.39, 0.29) is 0 Å². The van der Waals surface area contributed by atoms with Crippen molar-refractivity contribution in [1.29, 1.82) is 0 Å². The maximum Gasteiger partial charge on any atom is 0.142 e. The van der Waals surface area contributed by atoms with Gasteiger partial charge in [0.25, 0.3) is 0 Å². The third-order valence-corrected chi connectivity index (χ3v) is 4.66. The van der Waals surface area contributed by atoms with E-state index in [1.165, 1.54) is 9.77 Å². The van der Waals surface area contributed by atoms with E-state index in [4.69, 9.17) is 5.73 Å². The highest BCUT2D eigenvalue weighted by molar-refractivity contribution is 7.98. The van der Waals surface area contributed by atoms with Crippen molar-refractivity contribution in [3.8, 4) is 0 Å². The van der Waals surface area contributed by atoms with Gasteiger partial charge in [0.05, 0.1) is 11.1 Å². The maximum absolute atomic E-state index is 5.99. The van der Waals surface area contributed by atoms with E-state index < -0.39 is 0 Å². The lowest BCUT2D eigenvalue weighted by Gasteiger charge is -2.02. The Morgan fingerprint density at radius 1 is 1.21 bits per heavy atom. The van der Waals surface area contributed by atoms with Crippen LogP contribution in [0.1, 0.15) is 10.7 Å². The van der Waals surface area contributed by atoms with Crippen molar-refractivity contribution >= 4 is 39.1 Å². The Hall–Kier alpha value is -1.59. The number of nitrogens with zero attached hydrogens (tertiary/aromatic N) is 2. The molecule has 0 aliphatic carbocycles. The minimum atomic E-state index is 0.581. The minimum absolute atomic E-state index is 0.581. The second kappa shape index (κ2) is 5.19. The number of nitrogen functional groups attached to an aromatic ring is 1. The zero-order valence-corrected chi connectivity index (χ0v) is 12.1. The number of fused-ring (bicyclic) bond motifs is 1. The number of nitrogens with two attached hydrogens (primary N) is 1. The van der Waals surface area contributed by atoms with Crippen molar-refractivity contribution in [2.45, 2.75) is 17.6 Å². The molecule has 5 heteroatoms. The van der Waals surface area contributed by atoms with E-state index >= 15 is 0 Å². The molecule has 0 saturated carbocycles. The summed E-state index contributed by atoms with van der Waals surface area (Å²) >= 11 is 3.38. The first kappa shape index (κ1) is 12.4. The fourth-order valence-electron chi connectivity index (χ4n) is 1.84. The largest absolute Gasteiger partial charge is 0.383 e. The van der Waals surface area contributed by atoms with Gasteiger partial charge in [-0.25, -0.2) is 9.97 Å². The smallest absolute Gasteiger partial charge is 0.142 e. The lowest BCUT2D eigenvalue weighted by atomic mass is 10.3. The molecule has 3 nitrogen and oxygen atoms in total. The number of thiophene rings is 1. The number of aromatic nitrogens is 2. The first-order valence-electron chi connectivity index (χ1n) is 5.93. The van der Waals surface area contributed by atoms with Crippen molar-refractivity contribution in [3.63, 3.8) is 0 Å². The van der Waals surface area contributed by atoms with Crippen LogP contribution in [0.2, 0.25) is 0 Å². The van der Waals surface area contributed by atoms with Crippen LogP contribution in [0.4, 0.5) is 5.82 Å². The third-order valence-electron chi connectivity index (χ3n) is 2.70. The van der Waals surface area contributed by atoms with Gasteiger partial charge in [0.1, 0.15) is 16.5 Å². The second-order valence-electron chi connectivity index (χ2n) is 4.20. The molecule has 19 heavy (non-hydrogen) atoms. The van der Waals surface area contributed by atoms with Gasteiger partial charge in [0.15, 0.2) is 0 Å². The highest BCUT2D eigenvalue weighted by Gasteiger charge is 2.08. The van der Waals surface area contributed by atoms with Crippen LogP contribution in [0.25, 0.3) is 10.2 Å². The van der Waals surface area contributed by atoms with Crippen LogP contribution in [-0.2, 0) is 5.75 Å². The average Bonchev–Trinajstić information content (AvgIpc) is 2.79. The van der Waals surface area contributed by atoms with E-state index in [2.05, 4.69) is 29.0 Å². The molecule has 0 aliphatic rings. The van der Waals surface area contributed by atoms with Gasteiger partial charge in [-0.1, -0.05) is 18.2 Å². The Labute approximate surface area is 119 Å². The van der Waals surface area contributed by atoms with Crippen molar-refractivity contribution < 1.29 is 0 Å². The molecule has 0 radical (unpaired) electrons. The van der Waals surface area contributed by atoms with Crippen LogP contribution in [0.5, 0.6) is 0 Å². The highest BCUT2D eigenvalue weighted by Crippen LogP contribution is 2.28. The monoisotopic (exact) mass is 287 g/mol. The number of hydrogen-bond donors (Lipinski definition) is 1. The van der Waals surface area contributed by atoms with Gasteiger partial charge in [0.2, 0.25) is 0 Å². The van der Waals surface area contributed by atoms with Crippen molar-refractivity contribution in [2.24, 2.45) is 0 Å². The van der Waals surface area contributed by atoms with Gasteiger partial charge in [-0.05, 0) is 25.1 Å². The summed E-state index contributed by atoms with van der Waals surface area (Å²) in [5.74, 6) is 2.11. The SMILES string of the molecule is Cc1cc2c(N)nc(CSc3ccccc3)nc2s1. The lowest BCUT2D eigenvalue weighted by Crippen LogP contribution is -1.98. The molecule has 2 N–H and O–H groups in total. The van der Waals surface area contributed by atoms with Gasteiger partial charge in [-0.2, -0.15) is 0 Å². The van der Waals surface area contributed by atoms with Gasteiger partial charge < -0.3 is 5.73 Å². The summed E-state index contributed by atoms with van der Waals surface area (Å²) in [6, 6.07) is 12.3. The van der Waals surface area contributed by atoms with E-state index in [9.17, 15) is 0 Å². The molecule has 0 atom stereocenters. The Morgan fingerprint density at radius 2 is 2.00 bits per heavy atom. The van der Waals surface area contributed by atoms with Gasteiger partial charge in [-0.15, -0.1) is 23.1 Å². The molecule has 0 fully saturated rings. The van der Waals surface area contributed by atoms with Crippen molar-refractivity contribution in [1.82, 2.24) is 9.97 Å². The number of rotatable bonds is 3. The number of aryl methyl sites for hydroxylation is 1. The average molecular weight is 287 g/mol. The molecule has 0 aliphatic heterocycles. The third kappa shape index (κ3) is 2.72. The first-order valence-corrected chi connectivity index (χ1v) is 7.73. The summed E-state index contributed by atoms with van der Waals surface area (Å²) in [7, 11) is 0. The van der Waals surface area contributed by atoms with Gasteiger partial charge >= 0.3 is 0 Å². The Bertz CT molecular complexity index is 707. The number of benzene rings is 1. The van der Waals surface area contributed by atoms with Crippen molar-refractivity contribution in [2.75, 3.05) is 5.73 Å². The van der Waals surface area contributed by atoms with Gasteiger partial charge in [0, 0.05) is 9.77 Å². The quantitative estimate of drug-likeness (QED) is 0.743. The van der Waals surface area contributed by atoms with E-state index in [1.54, 1.807) is 23.1 Å². The predicted octanol–water partition coefficient (Wildman–Crippen LogP) is 3.87. The summed E-state index contributed by atoms with van der Waals surface area (Å²) in [6.45, 7) is 2.06. The first-order chi connectivity index (χ1) is 9.22. The molecular weight excluding hydrogens is 274 g/mol. The number of thioether (sulfide) groups is 1. The molecule has 96 valence electrons. The lowest BCUT2D eigenvalue weighted by molar-refractivity contribution is 1.08. The molecular formula is C14H13N3S2.